The minimum absolute atomic E-state index is 0.00906. The fraction of sp³-hybridized carbons (Fsp3) is 0.316. The second-order valence-corrected chi connectivity index (χ2v) is 7.05. The molecule has 1 aromatic carbocycles. The maximum Gasteiger partial charge on any atom is 0.262 e. The Morgan fingerprint density at radius 2 is 2.16 bits per heavy atom. The molecule has 25 heavy (non-hydrogen) atoms. The Labute approximate surface area is 150 Å². The predicted octanol–water partition coefficient (Wildman–Crippen LogP) is 3.26. The third-order valence-electron chi connectivity index (χ3n) is 4.33. The van der Waals surface area contributed by atoms with Crippen LogP contribution in [-0.4, -0.2) is 27.2 Å². The highest BCUT2D eigenvalue weighted by Gasteiger charge is 2.20. The number of hydrogen-bond acceptors (Lipinski definition) is 5. The van der Waals surface area contributed by atoms with Crippen molar-refractivity contribution < 1.29 is 4.74 Å². The summed E-state index contributed by atoms with van der Waals surface area (Å²) in [5, 5.41) is 1.40. The van der Waals surface area contributed by atoms with Gasteiger partial charge in [0.1, 0.15) is 0 Å². The molecule has 1 atom stereocenters. The number of aromatic nitrogens is 3. The minimum atomic E-state index is 0.00906. The standard InChI is InChI=1S/C19H19N3O2S/c23-18-16-7-1-2-8-17(16)21-19(22(18)12-15-6-4-10-24-15)25-13-14-5-3-9-20-11-14/h1-3,5,7-9,11,15H,4,6,10,12-13H2. The maximum atomic E-state index is 13.0. The van der Waals surface area contributed by atoms with Crippen LogP contribution in [0.5, 0.6) is 0 Å². The van der Waals surface area contributed by atoms with E-state index in [9.17, 15) is 4.79 Å². The minimum Gasteiger partial charge on any atom is -0.376 e. The summed E-state index contributed by atoms with van der Waals surface area (Å²) in [6.07, 6.45) is 5.75. The van der Waals surface area contributed by atoms with Crippen LogP contribution in [-0.2, 0) is 17.0 Å². The number of pyridine rings is 1. The third kappa shape index (κ3) is 3.60. The molecular weight excluding hydrogens is 334 g/mol. The van der Waals surface area contributed by atoms with Crippen LogP contribution in [0.15, 0.2) is 58.7 Å². The Morgan fingerprint density at radius 1 is 1.24 bits per heavy atom. The Morgan fingerprint density at radius 3 is 2.96 bits per heavy atom. The normalized spacial score (nSPS) is 17.2. The van der Waals surface area contributed by atoms with Gasteiger partial charge in [0.25, 0.3) is 5.56 Å². The van der Waals surface area contributed by atoms with Crippen LogP contribution >= 0.6 is 11.8 Å². The summed E-state index contributed by atoms with van der Waals surface area (Å²) < 4.78 is 7.51. The molecule has 1 fully saturated rings. The molecule has 0 spiro atoms. The lowest BCUT2D eigenvalue weighted by atomic mass is 10.2. The number of para-hydroxylation sites is 1. The number of fused-ring (bicyclic) bond motifs is 1. The zero-order valence-corrected chi connectivity index (χ0v) is 14.6. The van der Waals surface area contributed by atoms with E-state index in [4.69, 9.17) is 9.72 Å². The van der Waals surface area contributed by atoms with Gasteiger partial charge in [0.15, 0.2) is 5.16 Å². The van der Waals surface area contributed by atoms with E-state index in [2.05, 4.69) is 4.98 Å². The van der Waals surface area contributed by atoms with Crippen molar-refractivity contribution in [3.05, 3.63) is 64.7 Å². The average Bonchev–Trinajstić information content (AvgIpc) is 3.17. The van der Waals surface area contributed by atoms with Crippen LogP contribution < -0.4 is 5.56 Å². The second-order valence-electron chi connectivity index (χ2n) is 6.11. The van der Waals surface area contributed by atoms with Gasteiger partial charge >= 0.3 is 0 Å². The monoisotopic (exact) mass is 353 g/mol. The molecule has 4 rings (SSSR count). The van der Waals surface area contributed by atoms with Gasteiger partial charge in [-0.3, -0.25) is 14.3 Å². The third-order valence-corrected chi connectivity index (χ3v) is 5.38. The van der Waals surface area contributed by atoms with Gasteiger partial charge in [0, 0.05) is 24.8 Å². The lowest BCUT2D eigenvalue weighted by Crippen LogP contribution is -2.28. The van der Waals surface area contributed by atoms with E-state index in [1.165, 1.54) is 0 Å². The molecule has 128 valence electrons. The van der Waals surface area contributed by atoms with Gasteiger partial charge in [-0.15, -0.1) is 0 Å². The lowest BCUT2D eigenvalue weighted by molar-refractivity contribution is 0.0937. The molecular formula is C19H19N3O2S. The summed E-state index contributed by atoms with van der Waals surface area (Å²) in [6, 6.07) is 11.5. The van der Waals surface area contributed by atoms with Gasteiger partial charge in [-0.05, 0) is 36.6 Å². The topological polar surface area (TPSA) is 57.0 Å². The highest BCUT2D eigenvalue weighted by Crippen LogP contribution is 2.23. The molecule has 6 heteroatoms. The molecule has 0 aliphatic carbocycles. The first-order valence-corrected chi connectivity index (χ1v) is 9.43. The Hall–Kier alpha value is -2.18. The van der Waals surface area contributed by atoms with Crippen molar-refractivity contribution in [1.29, 1.82) is 0 Å². The number of thioether (sulfide) groups is 1. The molecule has 3 heterocycles. The fourth-order valence-electron chi connectivity index (χ4n) is 3.04. The van der Waals surface area contributed by atoms with E-state index in [-0.39, 0.29) is 11.7 Å². The van der Waals surface area contributed by atoms with Crippen molar-refractivity contribution >= 4 is 22.7 Å². The summed E-state index contributed by atoms with van der Waals surface area (Å²) in [5.74, 6) is 0.726. The van der Waals surface area contributed by atoms with Crippen molar-refractivity contribution in [2.24, 2.45) is 0 Å². The molecule has 1 aliphatic heterocycles. The zero-order valence-electron chi connectivity index (χ0n) is 13.8. The van der Waals surface area contributed by atoms with Gasteiger partial charge in [0.2, 0.25) is 0 Å². The largest absolute Gasteiger partial charge is 0.376 e. The van der Waals surface area contributed by atoms with Crippen molar-refractivity contribution in [3.63, 3.8) is 0 Å². The van der Waals surface area contributed by atoms with Crippen LogP contribution in [0.3, 0.4) is 0 Å². The summed E-state index contributed by atoms with van der Waals surface area (Å²) in [7, 11) is 0. The van der Waals surface area contributed by atoms with Crippen molar-refractivity contribution in [3.8, 4) is 0 Å². The molecule has 2 aromatic heterocycles. The maximum absolute atomic E-state index is 13.0. The molecule has 3 aromatic rings. The molecule has 1 unspecified atom stereocenters. The summed E-state index contributed by atoms with van der Waals surface area (Å²) in [6.45, 7) is 1.34. The first kappa shape index (κ1) is 16.3. The lowest BCUT2D eigenvalue weighted by Gasteiger charge is -2.16. The van der Waals surface area contributed by atoms with Crippen molar-refractivity contribution in [2.75, 3.05) is 6.61 Å². The van der Waals surface area contributed by atoms with E-state index in [1.54, 1.807) is 22.5 Å². The Balaban J connectivity index is 1.70. The molecule has 0 N–H and O–H groups in total. The summed E-state index contributed by atoms with van der Waals surface area (Å²) >= 11 is 1.57. The van der Waals surface area contributed by atoms with E-state index in [0.717, 1.165) is 41.4 Å². The van der Waals surface area contributed by atoms with E-state index >= 15 is 0 Å². The number of ether oxygens (including phenoxy) is 1. The van der Waals surface area contributed by atoms with E-state index < -0.39 is 0 Å². The quantitative estimate of drug-likeness (QED) is 0.520. The molecule has 1 aliphatic rings. The van der Waals surface area contributed by atoms with Crippen molar-refractivity contribution in [1.82, 2.24) is 14.5 Å². The average molecular weight is 353 g/mol. The second kappa shape index (κ2) is 7.37. The smallest absolute Gasteiger partial charge is 0.262 e. The molecule has 0 bridgehead atoms. The van der Waals surface area contributed by atoms with Crippen LogP contribution in [0, 0.1) is 0 Å². The van der Waals surface area contributed by atoms with Gasteiger partial charge in [0.05, 0.1) is 23.6 Å². The van der Waals surface area contributed by atoms with Gasteiger partial charge < -0.3 is 4.74 Å². The van der Waals surface area contributed by atoms with E-state index in [1.807, 2.05) is 42.6 Å². The number of nitrogens with zero attached hydrogens (tertiary/aromatic N) is 3. The van der Waals surface area contributed by atoms with Crippen LogP contribution in [0.4, 0.5) is 0 Å². The Kier molecular flexibility index (Phi) is 4.81. The fourth-order valence-corrected chi connectivity index (χ4v) is 3.98. The van der Waals surface area contributed by atoms with Crippen LogP contribution in [0.25, 0.3) is 10.9 Å². The molecule has 0 saturated carbocycles. The SMILES string of the molecule is O=c1c2ccccc2nc(SCc2cccnc2)n1CC1CCCO1. The summed E-state index contributed by atoms with van der Waals surface area (Å²) in [5.41, 5.74) is 1.86. The number of rotatable bonds is 5. The Bertz CT molecular complexity index is 921. The van der Waals surface area contributed by atoms with Crippen LogP contribution in [0.1, 0.15) is 18.4 Å². The first-order chi connectivity index (χ1) is 12.3. The van der Waals surface area contributed by atoms with Gasteiger partial charge in [-0.1, -0.05) is 30.0 Å². The number of hydrogen-bond donors (Lipinski definition) is 0. The van der Waals surface area contributed by atoms with Crippen molar-refractivity contribution in [2.45, 2.75) is 36.4 Å². The van der Waals surface area contributed by atoms with Gasteiger partial charge in [-0.2, -0.15) is 0 Å². The molecule has 1 saturated heterocycles. The predicted molar refractivity (Wildman–Crippen MR) is 98.8 cm³/mol. The highest BCUT2D eigenvalue weighted by atomic mass is 32.2. The summed E-state index contributed by atoms with van der Waals surface area (Å²) in [4.78, 5) is 21.9. The zero-order chi connectivity index (χ0) is 17.1. The molecule has 5 nitrogen and oxygen atoms in total. The molecule has 0 amide bonds. The molecule has 0 radical (unpaired) electrons. The number of benzene rings is 1. The first-order valence-electron chi connectivity index (χ1n) is 8.44. The van der Waals surface area contributed by atoms with Gasteiger partial charge in [-0.25, -0.2) is 4.98 Å². The highest BCUT2D eigenvalue weighted by molar-refractivity contribution is 7.98. The van der Waals surface area contributed by atoms with E-state index in [0.29, 0.717) is 11.9 Å². The van der Waals surface area contributed by atoms with Crippen LogP contribution in [0.2, 0.25) is 0 Å².